The Kier molecular flexibility index (Phi) is 6.90. The van der Waals surface area contributed by atoms with Crippen LogP contribution in [0.3, 0.4) is 0 Å². The summed E-state index contributed by atoms with van der Waals surface area (Å²) in [5.41, 5.74) is 2.67. The number of amides is 1. The van der Waals surface area contributed by atoms with Gasteiger partial charge in [0.25, 0.3) is 0 Å². The molecule has 21 heavy (non-hydrogen) atoms. The molecule has 0 bridgehead atoms. The smallest absolute Gasteiger partial charge is 0.220 e. The van der Waals surface area contributed by atoms with Crippen molar-refractivity contribution in [1.29, 1.82) is 0 Å². The number of aryl methyl sites for hydroxylation is 2. The number of hydrogen-bond acceptors (Lipinski definition) is 2. The molecule has 118 valence electrons. The molecule has 1 amide bonds. The summed E-state index contributed by atoms with van der Waals surface area (Å²) < 4.78 is 0. The van der Waals surface area contributed by atoms with Gasteiger partial charge in [-0.2, -0.15) is 0 Å². The minimum atomic E-state index is 0.0991. The molecule has 0 aliphatic carbocycles. The minimum Gasteiger partial charge on any atom is -0.356 e. The molecule has 0 aliphatic heterocycles. The second kappa shape index (κ2) is 8.18. The molecule has 0 saturated carbocycles. The van der Waals surface area contributed by atoms with Gasteiger partial charge in [-0.15, -0.1) is 0 Å². The lowest BCUT2D eigenvalue weighted by Crippen LogP contribution is -2.40. The van der Waals surface area contributed by atoms with E-state index in [0.29, 0.717) is 6.42 Å². The highest BCUT2D eigenvalue weighted by Gasteiger charge is 2.19. The van der Waals surface area contributed by atoms with Gasteiger partial charge in [0.15, 0.2) is 0 Å². The zero-order valence-electron chi connectivity index (χ0n) is 14.2. The van der Waals surface area contributed by atoms with Crippen LogP contribution in [-0.4, -0.2) is 38.0 Å². The van der Waals surface area contributed by atoms with Gasteiger partial charge in [0.2, 0.25) is 5.91 Å². The summed E-state index contributed by atoms with van der Waals surface area (Å²) in [6.45, 7) is 8.19. The topological polar surface area (TPSA) is 32.3 Å². The van der Waals surface area contributed by atoms with Crippen molar-refractivity contribution < 1.29 is 4.79 Å². The maximum atomic E-state index is 11.9. The molecule has 0 unspecified atom stereocenters. The minimum absolute atomic E-state index is 0.0991. The molecular formula is C18H30N2O. The van der Waals surface area contributed by atoms with Crippen LogP contribution < -0.4 is 5.32 Å². The van der Waals surface area contributed by atoms with E-state index in [0.717, 1.165) is 25.9 Å². The molecule has 1 N–H and O–H groups in total. The Labute approximate surface area is 129 Å². The molecule has 1 rings (SSSR count). The van der Waals surface area contributed by atoms with Gasteiger partial charge < -0.3 is 10.2 Å². The highest BCUT2D eigenvalue weighted by atomic mass is 16.1. The van der Waals surface area contributed by atoms with Crippen LogP contribution in [-0.2, 0) is 17.6 Å². The molecule has 0 radical (unpaired) electrons. The molecule has 0 fully saturated rings. The largest absolute Gasteiger partial charge is 0.356 e. The molecular weight excluding hydrogens is 260 g/mol. The number of nitrogens with one attached hydrogen (secondary N) is 1. The van der Waals surface area contributed by atoms with Crippen LogP contribution >= 0.6 is 0 Å². The van der Waals surface area contributed by atoms with Crippen LogP contribution in [0.4, 0.5) is 0 Å². The molecule has 0 saturated heterocycles. The Morgan fingerprint density at radius 2 is 1.71 bits per heavy atom. The summed E-state index contributed by atoms with van der Waals surface area (Å²) in [6, 6.07) is 8.55. The molecule has 1 aromatic rings. The van der Waals surface area contributed by atoms with Crippen molar-refractivity contribution in [3.63, 3.8) is 0 Å². The van der Waals surface area contributed by atoms with Gasteiger partial charge in [0, 0.05) is 19.5 Å². The van der Waals surface area contributed by atoms with E-state index in [1.54, 1.807) is 0 Å². The Hall–Kier alpha value is -1.35. The second-order valence-corrected chi connectivity index (χ2v) is 6.85. The van der Waals surface area contributed by atoms with Crippen molar-refractivity contribution in [2.75, 3.05) is 27.2 Å². The fourth-order valence-electron chi connectivity index (χ4n) is 2.54. The first-order valence-electron chi connectivity index (χ1n) is 7.81. The third-order valence-electron chi connectivity index (χ3n) is 3.58. The van der Waals surface area contributed by atoms with Gasteiger partial charge in [-0.3, -0.25) is 4.79 Å². The summed E-state index contributed by atoms with van der Waals surface area (Å²) in [6.07, 6.45) is 2.43. The monoisotopic (exact) mass is 290 g/mol. The Balaban J connectivity index is 2.33. The summed E-state index contributed by atoms with van der Waals surface area (Å²) >= 11 is 0. The molecule has 3 heteroatoms. The van der Waals surface area contributed by atoms with Gasteiger partial charge >= 0.3 is 0 Å². The summed E-state index contributed by atoms with van der Waals surface area (Å²) in [5.74, 6) is 0.140. The van der Waals surface area contributed by atoms with Crippen molar-refractivity contribution in [3.05, 3.63) is 35.4 Å². The summed E-state index contributed by atoms with van der Waals surface area (Å²) in [5, 5.41) is 3.06. The molecule has 0 aliphatic rings. The number of rotatable bonds is 8. The fourth-order valence-corrected chi connectivity index (χ4v) is 2.54. The van der Waals surface area contributed by atoms with Gasteiger partial charge in [-0.1, -0.05) is 45.0 Å². The Morgan fingerprint density at radius 3 is 2.24 bits per heavy atom. The molecule has 1 aromatic carbocycles. The van der Waals surface area contributed by atoms with Crippen molar-refractivity contribution in [1.82, 2.24) is 10.2 Å². The number of nitrogens with zero attached hydrogens (tertiary/aromatic N) is 1. The van der Waals surface area contributed by atoms with E-state index in [9.17, 15) is 4.79 Å². The van der Waals surface area contributed by atoms with Gasteiger partial charge in [0.1, 0.15) is 0 Å². The molecule has 0 heterocycles. The van der Waals surface area contributed by atoms with Crippen LogP contribution in [0.1, 0.15) is 38.3 Å². The quantitative estimate of drug-likeness (QED) is 0.798. The van der Waals surface area contributed by atoms with Crippen molar-refractivity contribution in [2.24, 2.45) is 5.41 Å². The highest BCUT2D eigenvalue weighted by Crippen LogP contribution is 2.14. The lowest BCUT2D eigenvalue weighted by Gasteiger charge is -2.28. The van der Waals surface area contributed by atoms with E-state index >= 15 is 0 Å². The van der Waals surface area contributed by atoms with Gasteiger partial charge in [-0.05, 0) is 43.5 Å². The maximum absolute atomic E-state index is 11.9. The van der Waals surface area contributed by atoms with E-state index in [2.05, 4.69) is 69.3 Å². The summed E-state index contributed by atoms with van der Waals surface area (Å²) in [7, 11) is 4.12. The lowest BCUT2D eigenvalue weighted by molar-refractivity contribution is -0.121. The average Bonchev–Trinajstić information content (AvgIpc) is 2.42. The first kappa shape index (κ1) is 17.7. The third-order valence-corrected chi connectivity index (χ3v) is 3.58. The van der Waals surface area contributed by atoms with E-state index in [1.165, 1.54) is 11.1 Å². The van der Waals surface area contributed by atoms with E-state index in [-0.39, 0.29) is 11.3 Å². The number of benzene rings is 1. The highest BCUT2D eigenvalue weighted by molar-refractivity contribution is 5.76. The first-order chi connectivity index (χ1) is 9.82. The molecule has 0 atom stereocenters. The number of carbonyl (C=O) groups excluding carboxylic acids is 1. The zero-order chi connectivity index (χ0) is 15.9. The molecule has 0 spiro atoms. The average molecular weight is 290 g/mol. The van der Waals surface area contributed by atoms with Crippen LogP contribution in [0.15, 0.2) is 24.3 Å². The van der Waals surface area contributed by atoms with Crippen LogP contribution in [0.2, 0.25) is 0 Å². The SMILES string of the molecule is CCc1ccc(CCC(=O)NCC(C)(C)CN(C)C)cc1. The van der Waals surface area contributed by atoms with Crippen molar-refractivity contribution >= 4 is 5.91 Å². The van der Waals surface area contributed by atoms with Gasteiger partial charge in [0.05, 0.1) is 0 Å². The van der Waals surface area contributed by atoms with E-state index in [4.69, 9.17) is 0 Å². The first-order valence-corrected chi connectivity index (χ1v) is 7.81. The predicted octanol–water partition coefficient (Wildman–Crippen LogP) is 2.89. The fraction of sp³-hybridized carbons (Fsp3) is 0.611. The standard InChI is InChI=1S/C18H30N2O/c1-6-15-7-9-16(10-8-15)11-12-17(21)19-13-18(2,3)14-20(4)5/h7-10H,6,11-14H2,1-5H3,(H,19,21). The lowest BCUT2D eigenvalue weighted by atomic mass is 9.93. The Bertz CT molecular complexity index is 435. The zero-order valence-corrected chi connectivity index (χ0v) is 14.2. The van der Waals surface area contributed by atoms with Crippen molar-refractivity contribution in [3.8, 4) is 0 Å². The van der Waals surface area contributed by atoms with Crippen LogP contribution in [0.5, 0.6) is 0 Å². The summed E-state index contributed by atoms with van der Waals surface area (Å²) in [4.78, 5) is 14.1. The normalized spacial score (nSPS) is 11.7. The maximum Gasteiger partial charge on any atom is 0.220 e. The Morgan fingerprint density at radius 1 is 1.14 bits per heavy atom. The second-order valence-electron chi connectivity index (χ2n) is 6.85. The van der Waals surface area contributed by atoms with Crippen molar-refractivity contribution in [2.45, 2.75) is 40.0 Å². The van der Waals surface area contributed by atoms with Crippen LogP contribution in [0, 0.1) is 5.41 Å². The molecule has 3 nitrogen and oxygen atoms in total. The predicted molar refractivity (Wildman–Crippen MR) is 89.5 cm³/mol. The third kappa shape index (κ3) is 7.28. The van der Waals surface area contributed by atoms with Crippen LogP contribution in [0.25, 0.3) is 0 Å². The number of hydrogen-bond donors (Lipinski definition) is 1. The van der Waals surface area contributed by atoms with E-state index < -0.39 is 0 Å². The molecule has 0 aromatic heterocycles. The van der Waals surface area contributed by atoms with Gasteiger partial charge in [-0.25, -0.2) is 0 Å². The van der Waals surface area contributed by atoms with E-state index in [1.807, 2.05) is 0 Å². The number of carbonyl (C=O) groups is 1.